The van der Waals surface area contributed by atoms with Crippen molar-refractivity contribution in [3.63, 3.8) is 0 Å². The van der Waals surface area contributed by atoms with Crippen LogP contribution < -0.4 is 10.6 Å². The maximum absolute atomic E-state index is 12.0. The number of carbonyl (C=O) groups is 1. The van der Waals surface area contributed by atoms with Gasteiger partial charge in [0.05, 0.1) is 12.5 Å². The number of halogens is 1. The summed E-state index contributed by atoms with van der Waals surface area (Å²) in [7, 11) is 0. The van der Waals surface area contributed by atoms with Crippen molar-refractivity contribution in [2.75, 3.05) is 13.1 Å². The molecule has 1 unspecified atom stereocenters. The Kier molecular flexibility index (Phi) is 6.36. The van der Waals surface area contributed by atoms with Gasteiger partial charge in [-0.05, 0) is 19.4 Å². The number of nitrogens with zero attached hydrogens (tertiary/aromatic N) is 2. The standard InChI is InChI=1S/C13H22N4OS.ClH/c1-13(2,3)12-17-16-10(19-12)8-15-11(18)9-5-4-6-14-7-9;/h9,14H,4-8H2,1-3H3,(H,15,18);1H. The molecule has 1 saturated heterocycles. The molecule has 1 aromatic heterocycles. The predicted molar refractivity (Wildman–Crippen MR) is 83.3 cm³/mol. The smallest absolute Gasteiger partial charge is 0.224 e. The molecule has 2 rings (SSSR count). The zero-order chi connectivity index (χ0) is 13.9. The van der Waals surface area contributed by atoms with E-state index in [1.165, 1.54) is 0 Å². The largest absolute Gasteiger partial charge is 0.349 e. The highest BCUT2D eigenvalue weighted by molar-refractivity contribution is 7.11. The van der Waals surface area contributed by atoms with Gasteiger partial charge in [0.1, 0.15) is 10.0 Å². The molecule has 0 spiro atoms. The molecule has 1 aromatic rings. The van der Waals surface area contributed by atoms with Crippen LogP contribution in [0.4, 0.5) is 0 Å². The lowest BCUT2D eigenvalue weighted by molar-refractivity contribution is -0.125. The lowest BCUT2D eigenvalue weighted by atomic mass is 9.98. The van der Waals surface area contributed by atoms with Gasteiger partial charge < -0.3 is 10.6 Å². The average molecular weight is 319 g/mol. The van der Waals surface area contributed by atoms with Crippen LogP contribution >= 0.6 is 23.7 Å². The van der Waals surface area contributed by atoms with Gasteiger partial charge in [0.25, 0.3) is 0 Å². The first kappa shape index (κ1) is 17.3. The number of aromatic nitrogens is 2. The molecule has 1 amide bonds. The molecule has 5 nitrogen and oxygen atoms in total. The first-order valence-electron chi connectivity index (χ1n) is 6.78. The summed E-state index contributed by atoms with van der Waals surface area (Å²) in [6.45, 7) is 8.64. The second-order valence-corrected chi connectivity index (χ2v) is 7.07. The van der Waals surface area contributed by atoms with E-state index < -0.39 is 0 Å². The van der Waals surface area contributed by atoms with Crippen LogP contribution in [-0.2, 0) is 16.8 Å². The molecule has 0 aliphatic carbocycles. The van der Waals surface area contributed by atoms with Gasteiger partial charge >= 0.3 is 0 Å². The molecule has 0 bridgehead atoms. The molecule has 7 heteroatoms. The van der Waals surface area contributed by atoms with Gasteiger partial charge in [-0.15, -0.1) is 22.6 Å². The number of amides is 1. The zero-order valence-electron chi connectivity index (χ0n) is 12.2. The van der Waals surface area contributed by atoms with E-state index in [0.717, 1.165) is 35.9 Å². The van der Waals surface area contributed by atoms with Crippen LogP contribution in [0.15, 0.2) is 0 Å². The molecule has 2 N–H and O–H groups in total. The van der Waals surface area contributed by atoms with E-state index in [2.05, 4.69) is 41.6 Å². The third-order valence-corrected chi connectivity index (χ3v) is 4.54. The van der Waals surface area contributed by atoms with Crippen molar-refractivity contribution in [3.8, 4) is 0 Å². The van der Waals surface area contributed by atoms with Crippen LogP contribution in [0, 0.1) is 5.92 Å². The van der Waals surface area contributed by atoms with Crippen LogP contribution in [-0.4, -0.2) is 29.2 Å². The van der Waals surface area contributed by atoms with E-state index >= 15 is 0 Å². The monoisotopic (exact) mass is 318 g/mol. The van der Waals surface area contributed by atoms with Gasteiger partial charge in [0.2, 0.25) is 5.91 Å². The molecule has 1 aliphatic rings. The summed E-state index contributed by atoms with van der Waals surface area (Å²) in [5, 5.41) is 16.4. The van der Waals surface area contributed by atoms with E-state index in [9.17, 15) is 4.79 Å². The van der Waals surface area contributed by atoms with Crippen LogP contribution in [0.5, 0.6) is 0 Å². The Morgan fingerprint density at radius 3 is 2.75 bits per heavy atom. The van der Waals surface area contributed by atoms with Crippen molar-refractivity contribution in [2.24, 2.45) is 5.92 Å². The van der Waals surface area contributed by atoms with Crippen LogP contribution in [0.3, 0.4) is 0 Å². The second kappa shape index (κ2) is 7.33. The molecular formula is C13H23ClN4OS. The highest BCUT2D eigenvalue weighted by Crippen LogP contribution is 2.25. The Balaban J connectivity index is 0.00000200. The van der Waals surface area contributed by atoms with E-state index in [1.807, 2.05) is 0 Å². The number of piperidine rings is 1. The van der Waals surface area contributed by atoms with Crippen molar-refractivity contribution in [1.82, 2.24) is 20.8 Å². The van der Waals surface area contributed by atoms with E-state index in [4.69, 9.17) is 0 Å². The number of rotatable bonds is 3. The first-order chi connectivity index (χ1) is 8.97. The van der Waals surface area contributed by atoms with Gasteiger partial charge in [0, 0.05) is 12.0 Å². The number of hydrogen-bond donors (Lipinski definition) is 2. The lowest BCUT2D eigenvalue weighted by Crippen LogP contribution is -2.40. The third kappa shape index (κ3) is 4.68. The molecule has 0 radical (unpaired) electrons. The summed E-state index contributed by atoms with van der Waals surface area (Å²) in [6, 6.07) is 0. The van der Waals surface area contributed by atoms with Gasteiger partial charge in [-0.1, -0.05) is 32.1 Å². The van der Waals surface area contributed by atoms with Crippen LogP contribution in [0.25, 0.3) is 0 Å². The Labute approximate surface area is 130 Å². The summed E-state index contributed by atoms with van der Waals surface area (Å²) in [6.07, 6.45) is 2.05. The molecule has 1 fully saturated rings. The van der Waals surface area contributed by atoms with E-state index in [0.29, 0.717) is 6.54 Å². The third-order valence-electron chi connectivity index (χ3n) is 3.19. The second-order valence-electron chi connectivity index (χ2n) is 6.01. The van der Waals surface area contributed by atoms with Crippen LogP contribution in [0.1, 0.15) is 43.6 Å². The number of hydrogen-bond acceptors (Lipinski definition) is 5. The molecule has 1 aliphatic heterocycles. The Bertz CT molecular complexity index is 438. The molecule has 114 valence electrons. The Hall–Kier alpha value is -0.720. The van der Waals surface area contributed by atoms with Crippen molar-refractivity contribution >= 4 is 29.7 Å². The summed E-state index contributed by atoms with van der Waals surface area (Å²) in [5.74, 6) is 0.225. The summed E-state index contributed by atoms with van der Waals surface area (Å²) in [5.41, 5.74) is 0.0210. The SMILES string of the molecule is CC(C)(C)c1nnc(CNC(=O)C2CCCNC2)s1.Cl. The Morgan fingerprint density at radius 2 is 2.20 bits per heavy atom. The maximum Gasteiger partial charge on any atom is 0.224 e. The normalized spacial score (nSPS) is 19.2. The summed E-state index contributed by atoms with van der Waals surface area (Å²) in [4.78, 5) is 12.0. The Morgan fingerprint density at radius 1 is 1.45 bits per heavy atom. The molecule has 0 saturated carbocycles. The molecule has 2 heterocycles. The number of nitrogens with one attached hydrogen (secondary N) is 2. The molecular weight excluding hydrogens is 296 g/mol. The van der Waals surface area contributed by atoms with Crippen molar-refractivity contribution in [2.45, 2.75) is 45.6 Å². The van der Waals surface area contributed by atoms with Gasteiger partial charge in [-0.3, -0.25) is 4.79 Å². The minimum atomic E-state index is 0. The zero-order valence-corrected chi connectivity index (χ0v) is 13.9. The quantitative estimate of drug-likeness (QED) is 0.893. The van der Waals surface area contributed by atoms with Crippen molar-refractivity contribution in [3.05, 3.63) is 10.0 Å². The van der Waals surface area contributed by atoms with E-state index in [1.54, 1.807) is 11.3 Å². The summed E-state index contributed by atoms with van der Waals surface area (Å²) < 4.78 is 0. The fraction of sp³-hybridized carbons (Fsp3) is 0.769. The molecule has 20 heavy (non-hydrogen) atoms. The topological polar surface area (TPSA) is 66.9 Å². The fourth-order valence-corrected chi connectivity index (χ4v) is 2.85. The van der Waals surface area contributed by atoms with Crippen LogP contribution in [0.2, 0.25) is 0 Å². The van der Waals surface area contributed by atoms with Gasteiger partial charge in [-0.2, -0.15) is 0 Å². The molecule has 0 aromatic carbocycles. The number of carbonyl (C=O) groups excluding carboxylic acids is 1. The van der Waals surface area contributed by atoms with Gasteiger partial charge in [-0.25, -0.2) is 0 Å². The predicted octanol–water partition coefficient (Wildman–Crippen LogP) is 1.87. The minimum Gasteiger partial charge on any atom is -0.349 e. The lowest BCUT2D eigenvalue weighted by Gasteiger charge is -2.21. The molecule has 1 atom stereocenters. The minimum absolute atomic E-state index is 0. The van der Waals surface area contributed by atoms with Crippen molar-refractivity contribution < 1.29 is 4.79 Å². The first-order valence-corrected chi connectivity index (χ1v) is 7.60. The fourth-order valence-electron chi connectivity index (χ4n) is 2.01. The average Bonchev–Trinajstić information content (AvgIpc) is 2.86. The van der Waals surface area contributed by atoms with Crippen molar-refractivity contribution in [1.29, 1.82) is 0 Å². The highest BCUT2D eigenvalue weighted by atomic mass is 35.5. The van der Waals surface area contributed by atoms with Gasteiger partial charge in [0.15, 0.2) is 0 Å². The highest BCUT2D eigenvalue weighted by Gasteiger charge is 2.22. The summed E-state index contributed by atoms with van der Waals surface area (Å²) >= 11 is 1.58. The maximum atomic E-state index is 12.0. The van der Waals surface area contributed by atoms with E-state index in [-0.39, 0.29) is 29.6 Å².